The third-order valence-electron chi connectivity index (χ3n) is 6.69. The van der Waals surface area contributed by atoms with Gasteiger partial charge in [0.15, 0.2) is 0 Å². The highest BCUT2D eigenvalue weighted by atomic mass is 16.3. The topological polar surface area (TPSA) is 56.7 Å². The number of β-amino-alcohol motifs (C(OH)–C–C–N with tert-alkyl or cyclic N) is 1. The van der Waals surface area contributed by atoms with Gasteiger partial charge < -0.3 is 14.9 Å². The quantitative estimate of drug-likeness (QED) is 0.817. The minimum atomic E-state index is -0.447. The van der Waals surface area contributed by atoms with E-state index in [1.54, 1.807) is 0 Å². The zero-order valence-electron chi connectivity index (χ0n) is 17.5. The molecule has 0 saturated carbocycles. The van der Waals surface area contributed by atoms with Crippen molar-refractivity contribution in [3.8, 4) is 0 Å². The number of piperidine rings is 1. The zero-order valence-corrected chi connectivity index (χ0v) is 17.5. The molecule has 0 spiro atoms. The highest BCUT2D eigenvalue weighted by Gasteiger charge is 2.35. The average molecular weight is 396 g/mol. The predicted octanol–water partition coefficient (Wildman–Crippen LogP) is 3.11. The summed E-state index contributed by atoms with van der Waals surface area (Å²) in [5, 5.41) is 11.8. The SMILES string of the molecule is CCCN1CCC(CC(=O)N2C[C@@H](Cc3ccnc4ccccc34)[C@H](O)C2)CC1. The second-order valence-electron chi connectivity index (χ2n) is 8.81. The molecule has 2 aliphatic heterocycles. The molecule has 0 radical (unpaired) electrons. The van der Waals surface area contributed by atoms with Gasteiger partial charge in [-0.3, -0.25) is 9.78 Å². The number of nitrogens with zero attached hydrogens (tertiary/aromatic N) is 3. The maximum absolute atomic E-state index is 12.9. The number of benzene rings is 1. The molecule has 4 rings (SSSR count). The van der Waals surface area contributed by atoms with E-state index in [0.29, 0.717) is 25.4 Å². The van der Waals surface area contributed by atoms with E-state index in [0.717, 1.165) is 43.3 Å². The second-order valence-corrected chi connectivity index (χ2v) is 8.81. The average Bonchev–Trinajstić information content (AvgIpc) is 3.10. The number of carbonyl (C=O) groups is 1. The molecule has 2 aliphatic rings. The Hall–Kier alpha value is -1.98. The van der Waals surface area contributed by atoms with E-state index in [2.05, 4.69) is 22.9 Å². The van der Waals surface area contributed by atoms with Crippen molar-refractivity contribution in [2.45, 2.75) is 45.1 Å². The summed E-state index contributed by atoms with van der Waals surface area (Å²) in [4.78, 5) is 21.7. The molecule has 2 fully saturated rings. The number of aliphatic hydroxyl groups excluding tert-OH is 1. The van der Waals surface area contributed by atoms with Crippen molar-refractivity contribution < 1.29 is 9.90 Å². The van der Waals surface area contributed by atoms with Crippen LogP contribution in [-0.2, 0) is 11.2 Å². The van der Waals surface area contributed by atoms with E-state index < -0.39 is 6.10 Å². The Balaban J connectivity index is 1.33. The summed E-state index contributed by atoms with van der Waals surface area (Å²) in [5.41, 5.74) is 2.19. The minimum Gasteiger partial charge on any atom is -0.391 e. The van der Waals surface area contributed by atoms with Gasteiger partial charge >= 0.3 is 0 Å². The monoisotopic (exact) mass is 395 g/mol. The lowest BCUT2D eigenvalue weighted by molar-refractivity contribution is -0.131. The molecule has 0 bridgehead atoms. The molecule has 2 aromatic rings. The van der Waals surface area contributed by atoms with Crippen LogP contribution < -0.4 is 0 Å². The molecule has 3 heterocycles. The molecule has 0 aliphatic carbocycles. The van der Waals surface area contributed by atoms with E-state index in [4.69, 9.17) is 0 Å². The van der Waals surface area contributed by atoms with Crippen molar-refractivity contribution in [1.82, 2.24) is 14.8 Å². The molecule has 2 atom stereocenters. The number of hydrogen-bond donors (Lipinski definition) is 1. The zero-order chi connectivity index (χ0) is 20.2. The Morgan fingerprint density at radius 1 is 1.17 bits per heavy atom. The number of amides is 1. The number of fused-ring (bicyclic) bond motifs is 1. The molecule has 29 heavy (non-hydrogen) atoms. The van der Waals surface area contributed by atoms with Crippen molar-refractivity contribution in [3.05, 3.63) is 42.1 Å². The molecule has 1 aromatic heterocycles. The van der Waals surface area contributed by atoms with Gasteiger partial charge in [0.05, 0.1) is 11.6 Å². The van der Waals surface area contributed by atoms with Gasteiger partial charge in [0.1, 0.15) is 0 Å². The van der Waals surface area contributed by atoms with E-state index in [1.165, 1.54) is 18.5 Å². The van der Waals surface area contributed by atoms with Gasteiger partial charge in [-0.25, -0.2) is 0 Å². The number of aliphatic hydroxyl groups is 1. The first-order valence-corrected chi connectivity index (χ1v) is 11.1. The molecule has 5 nitrogen and oxygen atoms in total. The maximum atomic E-state index is 12.9. The van der Waals surface area contributed by atoms with Crippen molar-refractivity contribution in [3.63, 3.8) is 0 Å². The molecule has 156 valence electrons. The van der Waals surface area contributed by atoms with Crippen LogP contribution in [0, 0.1) is 11.8 Å². The molecule has 2 saturated heterocycles. The first-order valence-electron chi connectivity index (χ1n) is 11.1. The number of aromatic nitrogens is 1. The van der Waals surface area contributed by atoms with Gasteiger partial charge in [0, 0.05) is 37.0 Å². The van der Waals surface area contributed by atoms with Crippen molar-refractivity contribution >= 4 is 16.8 Å². The van der Waals surface area contributed by atoms with Gasteiger partial charge in [-0.05, 0) is 68.9 Å². The van der Waals surface area contributed by atoms with Crippen LogP contribution >= 0.6 is 0 Å². The van der Waals surface area contributed by atoms with Crippen LogP contribution in [0.25, 0.3) is 10.9 Å². The van der Waals surface area contributed by atoms with E-state index in [1.807, 2.05) is 35.4 Å². The number of likely N-dealkylation sites (tertiary alicyclic amines) is 2. The van der Waals surface area contributed by atoms with Crippen LogP contribution in [0.3, 0.4) is 0 Å². The fourth-order valence-electron chi connectivity index (χ4n) is 4.98. The lowest BCUT2D eigenvalue weighted by atomic mass is 9.93. The van der Waals surface area contributed by atoms with Crippen LogP contribution in [0.4, 0.5) is 0 Å². The normalized spacial score (nSPS) is 23.7. The smallest absolute Gasteiger partial charge is 0.222 e. The lowest BCUT2D eigenvalue weighted by Gasteiger charge is -2.32. The van der Waals surface area contributed by atoms with Crippen LogP contribution in [0.15, 0.2) is 36.5 Å². The van der Waals surface area contributed by atoms with Gasteiger partial charge in [-0.2, -0.15) is 0 Å². The maximum Gasteiger partial charge on any atom is 0.222 e. The fourth-order valence-corrected chi connectivity index (χ4v) is 4.98. The summed E-state index contributed by atoms with van der Waals surface area (Å²) < 4.78 is 0. The third-order valence-corrected chi connectivity index (χ3v) is 6.69. The number of rotatable bonds is 6. The van der Waals surface area contributed by atoms with Gasteiger partial charge in [0.2, 0.25) is 5.91 Å². The molecular formula is C24H33N3O2. The Labute approximate surface area is 173 Å². The molecular weight excluding hydrogens is 362 g/mol. The molecule has 0 unspecified atom stereocenters. The molecule has 1 N–H and O–H groups in total. The van der Waals surface area contributed by atoms with E-state index >= 15 is 0 Å². The number of carbonyl (C=O) groups excluding carboxylic acids is 1. The Kier molecular flexibility index (Phi) is 6.46. The number of para-hydroxylation sites is 1. The summed E-state index contributed by atoms with van der Waals surface area (Å²) in [7, 11) is 0. The summed E-state index contributed by atoms with van der Waals surface area (Å²) in [5.74, 6) is 0.812. The summed E-state index contributed by atoms with van der Waals surface area (Å²) in [6.45, 7) is 6.76. The van der Waals surface area contributed by atoms with Crippen LogP contribution in [0.2, 0.25) is 0 Å². The largest absolute Gasteiger partial charge is 0.391 e. The van der Waals surface area contributed by atoms with Gasteiger partial charge in [0.25, 0.3) is 0 Å². The van der Waals surface area contributed by atoms with Crippen molar-refractivity contribution in [2.75, 3.05) is 32.7 Å². The van der Waals surface area contributed by atoms with Crippen molar-refractivity contribution in [2.24, 2.45) is 11.8 Å². The summed E-state index contributed by atoms with van der Waals surface area (Å²) >= 11 is 0. The third kappa shape index (κ3) is 4.78. The summed E-state index contributed by atoms with van der Waals surface area (Å²) in [6, 6.07) is 10.2. The number of pyridine rings is 1. The fraction of sp³-hybridized carbons (Fsp3) is 0.583. The molecule has 1 amide bonds. The standard InChI is InChI=1S/C24H33N3O2/c1-2-11-26-12-8-18(9-13-26)14-24(29)27-16-20(23(28)17-27)15-19-7-10-25-22-6-4-3-5-21(19)22/h3-7,10,18,20,23,28H,2,8-9,11-17H2,1H3/t20-,23-/m1/s1. The predicted molar refractivity (Wildman–Crippen MR) is 116 cm³/mol. The first kappa shape index (κ1) is 20.3. The Bertz CT molecular complexity index is 826. The second kappa shape index (κ2) is 9.23. The summed E-state index contributed by atoms with van der Waals surface area (Å²) in [6.07, 6.45) is 6.25. The van der Waals surface area contributed by atoms with Crippen LogP contribution in [0.5, 0.6) is 0 Å². The van der Waals surface area contributed by atoms with Gasteiger partial charge in [-0.15, -0.1) is 0 Å². The van der Waals surface area contributed by atoms with Crippen LogP contribution in [-0.4, -0.2) is 64.6 Å². The first-order chi connectivity index (χ1) is 14.1. The van der Waals surface area contributed by atoms with Gasteiger partial charge in [-0.1, -0.05) is 25.1 Å². The Morgan fingerprint density at radius 2 is 1.97 bits per heavy atom. The number of hydrogen-bond acceptors (Lipinski definition) is 4. The molecule has 1 aromatic carbocycles. The van der Waals surface area contributed by atoms with E-state index in [-0.39, 0.29) is 11.8 Å². The molecule has 5 heteroatoms. The van der Waals surface area contributed by atoms with Crippen LogP contribution in [0.1, 0.15) is 38.2 Å². The Morgan fingerprint density at radius 3 is 2.76 bits per heavy atom. The van der Waals surface area contributed by atoms with Crippen molar-refractivity contribution in [1.29, 1.82) is 0 Å². The highest BCUT2D eigenvalue weighted by molar-refractivity contribution is 5.82. The highest BCUT2D eigenvalue weighted by Crippen LogP contribution is 2.27. The lowest BCUT2D eigenvalue weighted by Crippen LogP contribution is -2.37. The van der Waals surface area contributed by atoms with E-state index in [9.17, 15) is 9.90 Å². The minimum absolute atomic E-state index is 0.0937.